The monoisotopic (exact) mass is 562 g/mol. The summed E-state index contributed by atoms with van der Waals surface area (Å²) in [6.45, 7) is -0.626. The molecule has 1 heterocycles. The van der Waals surface area contributed by atoms with Crippen molar-refractivity contribution in [1.82, 2.24) is 5.32 Å². The van der Waals surface area contributed by atoms with Gasteiger partial charge in [-0.05, 0) is 48.9 Å². The van der Waals surface area contributed by atoms with Gasteiger partial charge in [-0.25, -0.2) is 0 Å². The average molecular weight is 564 g/mol. The van der Waals surface area contributed by atoms with E-state index in [1.54, 1.807) is 24.3 Å². The van der Waals surface area contributed by atoms with Crippen LogP contribution in [-0.2, 0) is 20.6 Å². The number of nitrogens with one attached hydrogen (secondary N) is 1. The molecule has 4 nitrogen and oxygen atoms in total. The maximum absolute atomic E-state index is 14.3. The molecule has 36 heavy (non-hydrogen) atoms. The van der Waals surface area contributed by atoms with Gasteiger partial charge in [0.25, 0.3) is 5.60 Å². The molecule has 2 aromatic rings. The van der Waals surface area contributed by atoms with Crippen molar-refractivity contribution in [2.75, 3.05) is 6.67 Å². The van der Waals surface area contributed by atoms with Crippen LogP contribution in [0.4, 0.5) is 17.6 Å². The summed E-state index contributed by atoms with van der Waals surface area (Å²) < 4.78 is 56.9. The van der Waals surface area contributed by atoms with Crippen LogP contribution in [0.2, 0.25) is 15.1 Å². The fourth-order valence-electron chi connectivity index (χ4n) is 4.90. The van der Waals surface area contributed by atoms with E-state index in [-0.39, 0.29) is 44.2 Å². The summed E-state index contributed by atoms with van der Waals surface area (Å²) >= 11 is 17.9. The molecule has 1 amide bonds. The van der Waals surface area contributed by atoms with Crippen molar-refractivity contribution in [2.24, 2.45) is 11.1 Å². The van der Waals surface area contributed by atoms with Gasteiger partial charge in [0.2, 0.25) is 5.91 Å². The Balaban J connectivity index is 1.34. The second-order valence-corrected chi connectivity index (χ2v) is 11.0. The molecule has 1 unspecified atom stereocenters. The van der Waals surface area contributed by atoms with Crippen molar-refractivity contribution in [3.8, 4) is 0 Å². The third-order valence-electron chi connectivity index (χ3n) is 7.29. The molecule has 5 rings (SSSR count). The Morgan fingerprint density at radius 3 is 2.19 bits per heavy atom. The van der Waals surface area contributed by atoms with Crippen molar-refractivity contribution in [2.45, 2.75) is 55.3 Å². The number of halogens is 7. The predicted molar refractivity (Wildman–Crippen MR) is 129 cm³/mol. The van der Waals surface area contributed by atoms with Crippen molar-refractivity contribution in [3.05, 3.63) is 68.2 Å². The van der Waals surface area contributed by atoms with Gasteiger partial charge in [-0.2, -0.15) is 13.2 Å². The van der Waals surface area contributed by atoms with Gasteiger partial charge in [-0.3, -0.25) is 9.18 Å². The lowest BCUT2D eigenvalue weighted by atomic mass is 9.59. The number of carbonyl (C=O) groups is 1. The topological polar surface area (TPSA) is 50.7 Å². The average Bonchev–Trinajstić information content (AvgIpc) is 3.49. The number of hydrogen-bond acceptors (Lipinski definition) is 3. The maximum atomic E-state index is 14.3. The molecule has 2 fully saturated rings. The minimum Gasteiger partial charge on any atom is -0.374 e. The normalized spacial score (nSPS) is 27.8. The third-order valence-corrected chi connectivity index (χ3v) is 8.49. The second-order valence-electron chi connectivity index (χ2n) is 9.76. The molecule has 3 aliphatic rings. The van der Waals surface area contributed by atoms with Crippen molar-refractivity contribution in [1.29, 1.82) is 0 Å². The summed E-state index contributed by atoms with van der Waals surface area (Å²) in [5.41, 5.74) is -2.69. The van der Waals surface area contributed by atoms with E-state index in [9.17, 15) is 22.4 Å². The molecule has 0 bridgehead atoms. The van der Waals surface area contributed by atoms with Crippen LogP contribution in [-0.4, -0.2) is 30.5 Å². The van der Waals surface area contributed by atoms with Crippen LogP contribution >= 0.6 is 34.8 Å². The molecule has 2 saturated carbocycles. The number of benzene rings is 2. The largest absolute Gasteiger partial charge is 0.435 e. The third kappa shape index (κ3) is 4.35. The molecule has 0 saturated heterocycles. The van der Waals surface area contributed by atoms with Gasteiger partial charge >= 0.3 is 6.18 Å². The van der Waals surface area contributed by atoms with Crippen molar-refractivity contribution in [3.63, 3.8) is 0 Å². The van der Waals surface area contributed by atoms with Crippen LogP contribution in [0.5, 0.6) is 0 Å². The van der Waals surface area contributed by atoms with Gasteiger partial charge in [0, 0.05) is 29.4 Å². The second kappa shape index (κ2) is 9.07. The van der Waals surface area contributed by atoms with Crippen LogP contribution in [0.1, 0.15) is 48.8 Å². The van der Waals surface area contributed by atoms with Crippen molar-refractivity contribution < 1.29 is 27.2 Å². The zero-order valence-corrected chi connectivity index (χ0v) is 21.0. The van der Waals surface area contributed by atoms with Gasteiger partial charge in [0.05, 0.1) is 27.5 Å². The maximum Gasteiger partial charge on any atom is 0.435 e. The minimum absolute atomic E-state index is 0.0402. The highest BCUT2D eigenvalue weighted by atomic mass is 35.5. The van der Waals surface area contributed by atoms with E-state index in [4.69, 9.17) is 39.6 Å². The van der Waals surface area contributed by atoms with E-state index < -0.39 is 30.3 Å². The van der Waals surface area contributed by atoms with E-state index in [0.29, 0.717) is 24.0 Å². The Morgan fingerprint density at radius 2 is 1.67 bits per heavy atom. The number of nitrogens with zero attached hydrogens (tertiary/aromatic N) is 1. The highest BCUT2D eigenvalue weighted by molar-refractivity contribution is 6.48. The van der Waals surface area contributed by atoms with Gasteiger partial charge in [0.15, 0.2) is 0 Å². The SMILES string of the molecule is O=C(NC1CC1)C1CC(CF)(c2ccc(C3=NOC(c4cc(Cl)c(Cl)c(Cl)c4)(C(F)(F)F)C3)cc2)C1. The summed E-state index contributed by atoms with van der Waals surface area (Å²) in [4.78, 5) is 17.3. The molecule has 1 N–H and O–H groups in total. The minimum atomic E-state index is -4.83. The Bertz CT molecular complexity index is 1200. The van der Waals surface area contributed by atoms with E-state index in [0.717, 1.165) is 25.0 Å². The van der Waals surface area contributed by atoms with E-state index in [2.05, 4.69) is 10.5 Å². The van der Waals surface area contributed by atoms with Crippen LogP contribution in [0, 0.1) is 5.92 Å². The highest BCUT2D eigenvalue weighted by Gasteiger charge is 2.62. The van der Waals surface area contributed by atoms with Gasteiger partial charge < -0.3 is 10.2 Å². The molecule has 2 aromatic carbocycles. The molecule has 0 spiro atoms. The van der Waals surface area contributed by atoms with Crippen LogP contribution < -0.4 is 5.32 Å². The Kier molecular flexibility index (Phi) is 6.45. The molecule has 192 valence electrons. The van der Waals surface area contributed by atoms with Crippen molar-refractivity contribution >= 4 is 46.4 Å². The van der Waals surface area contributed by atoms with Gasteiger partial charge in [-0.15, -0.1) is 0 Å². The Morgan fingerprint density at radius 1 is 1.06 bits per heavy atom. The molecule has 0 aromatic heterocycles. The number of hydrogen-bond donors (Lipinski definition) is 1. The molecular weight excluding hydrogens is 543 g/mol. The Labute approximate surface area is 219 Å². The van der Waals surface area contributed by atoms with E-state index >= 15 is 0 Å². The summed E-state index contributed by atoms with van der Waals surface area (Å²) in [6, 6.07) is 8.94. The summed E-state index contributed by atoms with van der Waals surface area (Å²) in [7, 11) is 0. The first kappa shape index (κ1) is 25.6. The van der Waals surface area contributed by atoms with Crippen LogP contribution in [0.25, 0.3) is 0 Å². The molecule has 1 aliphatic heterocycles. The quantitative estimate of drug-likeness (QED) is 0.300. The molecule has 0 radical (unpaired) electrons. The molecule has 11 heteroatoms. The summed E-state index contributed by atoms with van der Waals surface area (Å²) in [5, 5.41) is 6.38. The van der Waals surface area contributed by atoms with E-state index in [1.165, 1.54) is 0 Å². The zero-order chi connectivity index (χ0) is 25.9. The zero-order valence-electron chi connectivity index (χ0n) is 18.8. The number of rotatable bonds is 6. The first-order valence-electron chi connectivity index (χ1n) is 11.4. The number of amides is 1. The molecule has 1 atom stereocenters. The van der Waals surface area contributed by atoms with Gasteiger partial charge in [-0.1, -0.05) is 64.2 Å². The lowest BCUT2D eigenvalue weighted by Crippen LogP contribution is -2.50. The van der Waals surface area contributed by atoms with Crippen LogP contribution in [0.3, 0.4) is 0 Å². The molecular formula is C25H21Cl3F4N2O2. The van der Waals surface area contributed by atoms with Gasteiger partial charge in [0.1, 0.15) is 0 Å². The Hall–Kier alpha value is -2.03. The van der Waals surface area contributed by atoms with Crippen LogP contribution in [0.15, 0.2) is 41.6 Å². The molecule has 2 aliphatic carbocycles. The number of carbonyl (C=O) groups excluding carboxylic acids is 1. The standard InChI is InChI=1S/C25H21Cl3F4N2O2/c26-18-7-16(8-19(27)21(18)28)24(25(30,31)32)11-20(34-36-24)13-1-3-15(4-2-13)23(12-29)9-14(10-23)22(35)33-17-5-6-17/h1-4,7-8,14,17H,5-6,9-12H2,(H,33,35). The fourth-order valence-corrected chi connectivity index (χ4v) is 5.50. The first-order chi connectivity index (χ1) is 17.0. The highest BCUT2D eigenvalue weighted by Crippen LogP contribution is 2.51. The lowest BCUT2D eigenvalue weighted by Gasteiger charge is -2.45. The number of alkyl halides is 4. The number of oxime groups is 1. The van der Waals surface area contributed by atoms with E-state index in [1.807, 2.05) is 0 Å². The smallest absolute Gasteiger partial charge is 0.374 e. The summed E-state index contributed by atoms with van der Waals surface area (Å²) in [5.74, 6) is -0.277. The lowest BCUT2D eigenvalue weighted by molar-refractivity contribution is -0.275. The first-order valence-corrected chi connectivity index (χ1v) is 12.6. The summed E-state index contributed by atoms with van der Waals surface area (Å²) in [6.07, 6.45) is -2.70. The fraction of sp³-hybridized carbons (Fsp3) is 0.440. The predicted octanol–water partition coefficient (Wildman–Crippen LogP) is 7.12.